The second-order valence-corrected chi connectivity index (χ2v) is 28.4. The van der Waals surface area contributed by atoms with Gasteiger partial charge in [-0.1, -0.05) is 252 Å². The summed E-state index contributed by atoms with van der Waals surface area (Å²) in [5.41, 5.74) is 32.8. The maximum atomic E-state index is 2.45. The van der Waals surface area contributed by atoms with Gasteiger partial charge in [0.15, 0.2) is 0 Å². The van der Waals surface area contributed by atoms with E-state index in [2.05, 4.69) is 386 Å². The minimum atomic E-state index is -0.0455. The van der Waals surface area contributed by atoms with Crippen molar-refractivity contribution in [1.82, 2.24) is 18.3 Å². The number of fused-ring (bicyclic) bond motifs is 18. The van der Waals surface area contributed by atoms with E-state index in [0.29, 0.717) is 0 Å². The highest BCUT2D eigenvalue weighted by Crippen LogP contribution is 2.52. The second-order valence-electron chi connectivity index (χ2n) is 28.4. The normalized spacial score (nSPS) is 13.4. The SMILES string of the molecule is CC1(C)c2ccccc2-c2cc(-n3c4ccccc4c4cc(-c5ccc6c(c5)c5ccccc5n6-c5ccccc5-c5ccccc5)ccc43)ccc21.CC1(C)c2ccccc2-c2ccc(-n3c4ccccc4c4cc(-c5ccc6c(c5)c5ccccc5n6-c5ccccc5)ccc43)cc21. The maximum Gasteiger partial charge on any atom is 0.0541 e. The number of benzene rings is 15. The lowest BCUT2D eigenvalue weighted by atomic mass is 9.82. The van der Waals surface area contributed by atoms with Gasteiger partial charge in [-0.2, -0.15) is 0 Å². The summed E-state index contributed by atoms with van der Waals surface area (Å²) in [6, 6.07) is 125. The molecule has 2 aliphatic carbocycles. The molecule has 0 spiro atoms. The fourth-order valence-corrected chi connectivity index (χ4v) is 17.5. The first-order valence-corrected chi connectivity index (χ1v) is 35.0. The van der Waals surface area contributed by atoms with E-state index in [1.165, 1.54) is 188 Å². The van der Waals surface area contributed by atoms with E-state index >= 15 is 0 Å². The zero-order chi connectivity index (χ0) is 66.5. The summed E-state index contributed by atoms with van der Waals surface area (Å²) in [4.78, 5) is 0. The molecule has 15 aromatic carbocycles. The molecule has 0 saturated heterocycles. The van der Waals surface area contributed by atoms with E-state index in [1.807, 2.05) is 0 Å². The Kier molecular flexibility index (Phi) is 12.7. The molecule has 0 aliphatic heterocycles. The molecule has 0 radical (unpaired) electrons. The topological polar surface area (TPSA) is 19.7 Å². The average molecular weight is 1280 g/mol. The Morgan fingerprint density at radius 1 is 0.180 bits per heavy atom. The van der Waals surface area contributed by atoms with Crippen molar-refractivity contribution in [2.24, 2.45) is 0 Å². The van der Waals surface area contributed by atoms with Crippen LogP contribution in [0.2, 0.25) is 0 Å². The molecule has 0 N–H and O–H groups in total. The van der Waals surface area contributed by atoms with Gasteiger partial charge >= 0.3 is 0 Å². The summed E-state index contributed by atoms with van der Waals surface area (Å²) >= 11 is 0. The van der Waals surface area contributed by atoms with Crippen molar-refractivity contribution in [3.63, 3.8) is 0 Å². The Morgan fingerprint density at radius 2 is 0.510 bits per heavy atom. The summed E-state index contributed by atoms with van der Waals surface area (Å²) in [7, 11) is 0. The van der Waals surface area contributed by atoms with Gasteiger partial charge in [0.2, 0.25) is 0 Å². The van der Waals surface area contributed by atoms with Crippen LogP contribution in [0.25, 0.3) is 166 Å². The number of rotatable bonds is 7. The summed E-state index contributed by atoms with van der Waals surface area (Å²) in [6.45, 7) is 9.40. The van der Waals surface area contributed by atoms with Crippen LogP contribution in [0.5, 0.6) is 0 Å². The molecule has 0 saturated carbocycles. The molecular weight excluding hydrogens is 1210 g/mol. The maximum absolute atomic E-state index is 2.45. The van der Waals surface area contributed by atoms with Gasteiger partial charge in [0.1, 0.15) is 0 Å². The summed E-state index contributed by atoms with van der Waals surface area (Å²) < 4.78 is 9.71. The highest BCUT2D eigenvalue weighted by molar-refractivity contribution is 6.15. The predicted molar refractivity (Wildman–Crippen MR) is 422 cm³/mol. The molecule has 0 amide bonds. The Labute approximate surface area is 580 Å². The molecule has 19 aromatic rings. The molecule has 0 unspecified atom stereocenters. The van der Waals surface area contributed by atoms with Crippen molar-refractivity contribution >= 4 is 87.2 Å². The zero-order valence-electron chi connectivity index (χ0n) is 56.1. The van der Waals surface area contributed by atoms with Gasteiger partial charge in [0.05, 0.1) is 49.8 Å². The van der Waals surface area contributed by atoms with Crippen LogP contribution in [0.4, 0.5) is 0 Å². The third-order valence-electron chi connectivity index (χ3n) is 22.3. The zero-order valence-corrected chi connectivity index (χ0v) is 56.1. The fraction of sp³-hybridized carbons (Fsp3) is 0.0625. The Hall–Kier alpha value is -12.5. The summed E-state index contributed by atoms with van der Waals surface area (Å²) in [5.74, 6) is 0. The first-order chi connectivity index (χ1) is 49.1. The van der Waals surface area contributed by atoms with Crippen LogP contribution in [0, 0.1) is 0 Å². The van der Waals surface area contributed by atoms with E-state index in [0.717, 1.165) is 0 Å². The third kappa shape index (κ3) is 8.60. The lowest BCUT2D eigenvalue weighted by Crippen LogP contribution is -2.15. The molecule has 4 heteroatoms. The Bertz CT molecular complexity index is 6580. The van der Waals surface area contributed by atoms with Gasteiger partial charge in [0.25, 0.3) is 0 Å². The molecule has 100 heavy (non-hydrogen) atoms. The molecule has 472 valence electrons. The van der Waals surface area contributed by atoms with E-state index in [9.17, 15) is 0 Å². The van der Waals surface area contributed by atoms with Crippen LogP contribution in [-0.4, -0.2) is 18.3 Å². The first-order valence-electron chi connectivity index (χ1n) is 35.0. The molecule has 4 nitrogen and oxygen atoms in total. The molecule has 4 aromatic heterocycles. The molecule has 0 atom stereocenters. The van der Waals surface area contributed by atoms with E-state index in [1.54, 1.807) is 0 Å². The molecular formula is C96H68N4. The molecule has 0 fully saturated rings. The lowest BCUT2D eigenvalue weighted by molar-refractivity contribution is 0.660. The molecule has 0 bridgehead atoms. The molecule has 21 rings (SSSR count). The molecule has 2 aliphatic rings. The van der Waals surface area contributed by atoms with Gasteiger partial charge in [0, 0.05) is 76.5 Å². The van der Waals surface area contributed by atoms with Crippen LogP contribution < -0.4 is 0 Å². The van der Waals surface area contributed by atoms with Gasteiger partial charge in [-0.05, 0) is 188 Å². The first kappa shape index (κ1) is 57.7. The van der Waals surface area contributed by atoms with Crippen LogP contribution in [0.1, 0.15) is 49.9 Å². The van der Waals surface area contributed by atoms with Crippen molar-refractivity contribution in [3.8, 4) is 78.4 Å². The standard InChI is InChI=1S/C51H36N2.C45H32N2/c1-51(2)44-20-10-6-17-38(44)41-32-36(26-27-45(41)51)52-47-22-12-8-18-39(47)42-30-34(24-28-49(42)52)35-25-29-50-43(31-35)40-19-9-13-23-48(40)53(50)46-21-11-7-16-37(46)33-14-4-3-5-15-33;1-45(2)39-17-9-6-14-33(39)34-23-22-32(28-40(34)45)47-42-19-11-8-16-36(42)38-27-30(21-25-44(38)47)29-20-24-43-37(26-29)35-15-7-10-18-41(35)46(43)31-12-4-3-5-13-31/h3-32H,1-2H3;3-28H,1-2H3. The Morgan fingerprint density at radius 3 is 1.01 bits per heavy atom. The highest BCUT2D eigenvalue weighted by Gasteiger charge is 2.37. The van der Waals surface area contributed by atoms with Crippen molar-refractivity contribution in [3.05, 3.63) is 362 Å². The number of nitrogens with zero attached hydrogens (tertiary/aromatic N) is 4. The van der Waals surface area contributed by atoms with Crippen molar-refractivity contribution in [1.29, 1.82) is 0 Å². The van der Waals surface area contributed by atoms with Crippen LogP contribution in [-0.2, 0) is 10.8 Å². The molecule has 4 heterocycles. The number of aromatic nitrogens is 4. The monoisotopic (exact) mass is 1280 g/mol. The third-order valence-corrected chi connectivity index (χ3v) is 22.3. The summed E-state index contributed by atoms with van der Waals surface area (Å²) in [5, 5.41) is 10.1. The number of hydrogen-bond donors (Lipinski definition) is 0. The van der Waals surface area contributed by atoms with Crippen molar-refractivity contribution in [2.75, 3.05) is 0 Å². The quantitative estimate of drug-likeness (QED) is 0.152. The van der Waals surface area contributed by atoms with E-state index < -0.39 is 0 Å². The number of para-hydroxylation sites is 6. The van der Waals surface area contributed by atoms with Crippen molar-refractivity contribution in [2.45, 2.75) is 38.5 Å². The largest absolute Gasteiger partial charge is 0.309 e. The van der Waals surface area contributed by atoms with E-state index in [4.69, 9.17) is 0 Å². The van der Waals surface area contributed by atoms with Gasteiger partial charge < -0.3 is 18.3 Å². The summed E-state index contributed by atoms with van der Waals surface area (Å²) in [6.07, 6.45) is 0. The fourth-order valence-electron chi connectivity index (χ4n) is 17.5. The van der Waals surface area contributed by atoms with Gasteiger partial charge in [-0.15, -0.1) is 0 Å². The minimum absolute atomic E-state index is 0.0150. The highest BCUT2D eigenvalue weighted by atomic mass is 15.0. The van der Waals surface area contributed by atoms with Crippen LogP contribution >= 0.6 is 0 Å². The van der Waals surface area contributed by atoms with E-state index in [-0.39, 0.29) is 10.8 Å². The van der Waals surface area contributed by atoms with Crippen LogP contribution in [0.3, 0.4) is 0 Å². The second kappa shape index (κ2) is 22.0. The lowest BCUT2D eigenvalue weighted by Gasteiger charge is -2.22. The smallest absolute Gasteiger partial charge is 0.0541 e. The van der Waals surface area contributed by atoms with Crippen LogP contribution in [0.15, 0.2) is 340 Å². The number of hydrogen-bond acceptors (Lipinski definition) is 0. The average Bonchev–Trinajstić information content (AvgIpc) is 1.58. The van der Waals surface area contributed by atoms with Crippen molar-refractivity contribution < 1.29 is 0 Å². The Balaban J connectivity index is 0.000000136. The van der Waals surface area contributed by atoms with Gasteiger partial charge in [-0.25, -0.2) is 0 Å². The minimum Gasteiger partial charge on any atom is -0.309 e. The predicted octanol–water partition coefficient (Wildman–Crippen LogP) is 25.4. The van der Waals surface area contributed by atoms with Gasteiger partial charge in [-0.3, -0.25) is 0 Å².